The first-order valence-corrected chi connectivity index (χ1v) is 7.43. The summed E-state index contributed by atoms with van der Waals surface area (Å²) in [6.07, 6.45) is 2.89. The molecule has 0 heterocycles. The zero-order valence-corrected chi connectivity index (χ0v) is 12.4. The van der Waals surface area contributed by atoms with Crippen molar-refractivity contribution in [2.24, 2.45) is 5.73 Å². The zero-order valence-electron chi connectivity index (χ0n) is 12.4. The standard InChI is InChI=1S/C18H22N2O/c1-2-5-14-8-10-16(11-9-14)20-18(21)17-7-4-3-6-15(17)12-13-19/h3-4,6-11H,2,5,12-13,19H2,1H3,(H,20,21). The van der Waals surface area contributed by atoms with Crippen LogP contribution in [0.3, 0.4) is 0 Å². The second-order valence-electron chi connectivity index (χ2n) is 5.10. The van der Waals surface area contributed by atoms with Gasteiger partial charge in [-0.15, -0.1) is 0 Å². The number of carbonyl (C=O) groups excluding carboxylic acids is 1. The number of nitrogens with one attached hydrogen (secondary N) is 1. The van der Waals surface area contributed by atoms with Crippen molar-refractivity contribution in [1.82, 2.24) is 0 Å². The van der Waals surface area contributed by atoms with Gasteiger partial charge in [0.25, 0.3) is 5.91 Å². The molecule has 0 saturated heterocycles. The highest BCUT2D eigenvalue weighted by molar-refractivity contribution is 6.05. The maximum absolute atomic E-state index is 12.4. The average Bonchev–Trinajstić information content (AvgIpc) is 2.50. The molecule has 110 valence electrons. The Hall–Kier alpha value is -2.13. The Balaban J connectivity index is 2.10. The van der Waals surface area contributed by atoms with Crippen LogP contribution in [0.4, 0.5) is 5.69 Å². The normalized spacial score (nSPS) is 10.4. The fraction of sp³-hybridized carbons (Fsp3) is 0.278. The maximum Gasteiger partial charge on any atom is 0.255 e. The molecule has 0 aliphatic heterocycles. The van der Waals surface area contributed by atoms with Gasteiger partial charge in [-0.05, 0) is 48.7 Å². The Bertz CT molecular complexity index is 590. The van der Waals surface area contributed by atoms with E-state index in [0.717, 1.165) is 24.1 Å². The summed E-state index contributed by atoms with van der Waals surface area (Å²) in [7, 11) is 0. The average molecular weight is 282 g/mol. The number of rotatable bonds is 6. The van der Waals surface area contributed by atoms with Crippen molar-refractivity contribution in [3.05, 3.63) is 65.2 Å². The summed E-state index contributed by atoms with van der Waals surface area (Å²) >= 11 is 0. The monoisotopic (exact) mass is 282 g/mol. The SMILES string of the molecule is CCCc1ccc(NC(=O)c2ccccc2CCN)cc1. The van der Waals surface area contributed by atoms with Crippen LogP contribution in [-0.4, -0.2) is 12.5 Å². The summed E-state index contributed by atoms with van der Waals surface area (Å²) in [5, 5.41) is 2.95. The first kappa shape index (κ1) is 15.3. The van der Waals surface area contributed by atoms with Crippen LogP contribution in [0.2, 0.25) is 0 Å². The number of benzene rings is 2. The minimum atomic E-state index is -0.0812. The number of carbonyl (C=O) groups is 1. The Kier molecular flexibility index (Phi) is 5.52. The molecule has 0 aliphatic rings. The number of hydrogen-bond acceptors (Lipinski definition) is 2. The minimum Gasteiger partial charge on any atom is -0.330 e. The number of hydrogen-bond donors (Lipinski definition) is 2. The molecule has 2 aromatic carbocycles. The molecule has 0 atom stereocenters. The summed E-state index contributed by atoms with van der Waals surface area (Å²) in [5.41, 5.74) is 9.39. The van der Waals surface area contributed by atoms with E-state index in [0.29, 0.717) is 18.5 Å². The van der Waals surface area contributed by atoms with Gasteiger partial charge in [0, 0.05) is 11.3 Å². The maximum atomic E-state index is 12.4. The Morgan fingerprint density at radius 1 is 1.05 bits per heavy atom. The van der Waals surface area contributed by atoms with Gasteiger partial charge in [-0.3, -0.25) is 4.79 Å². The highest BCUT2D eigenvalue weighted by Gasteiger charge is 2.10. The Labute approximate surface area is 126 Å². The largest absolute Gasteiger partial charge is 0.330 e. The highest BCUT2D eigenvalue weighted by atomic mass is 16.1. The third-order valence-electron chi connectivity index (χ3n) is 3.43. The van der Waals surface area contributed by atoms with E-state index < -0.39 is 0 Å². The molecule has 0 bridgehead atoms. The lowest BCUT2D eigenvalue weighted by Gasteiger charge is -2.10. The summed E-state index contributed by atoms with van der Waals surface area (Å²) in [6, 6.07) is 15.6. The number of anilines is 1. The van der Waals surface area contributed by atoms with Crippen LogP contribution in [0.25, 0.3) is 0 Å². The lowest BCUT2D eigenvalue weighted by Crippen LogP contribution is -2.15. The minimum absolute atomic E-state index is 0.0812. The molecule has 3 heteroatoms. The Morgan fingerprint density at radius 3 is 2.43 bits per heavy atom. The molecule has 0 radical (unpaired) electrons. The smallest absolute Gasteiger partial charge is 0.255 e. The van der Waals surface area contributed by atoms with Crippen molar-refractivity contribution in [1.29, 1.82) is 0 Å². The third-order valence-corrected chi connectivity index (χ3v) is 3.43. The molecule has 0 aromatic heterocycles. The van der Waals surface area contributed by atoms with E-state index in [1.807, 2.05) is 36.4 Å². The van der Waals surface area contributed by atoms with E-state index in [-0.39, 0.29) is 5.91 Å². The summed E-state index contributed by atoms with van der Waals surface area (Å²) < 4.78 is 0. The van der Waals surface area contributed by atoms with Crippen LogP contribution in [0, 0.1) is 0 Å². The second-order valence-corrected chi connectivity index (χ2v) is 5.10. The molecule has 1 amide bonds. The van der Waals surface area contributed by atoms with Gasteiger partial charge < -0.3 is 11.1 Å². The molecule has 3 N–H and O–H groups in total. The molecule has 0 saturated carbocycles. The van der Waals surface area contributed by atoms with Gasteiger partial charge >= 0.3 is 0 Å². The first-order valence-electron chi connectivity index (χ1n) is 7.43. The van der Waals surface area contributed by atoms with E-state index in [4.69, 9.17) is 5.73 Å². The molecule has 2 aromatic rings. The molecule has 2 rings (SSSR count). The van der Waals surface area contributed by atoms with Gasteiger partial charge in [0.05, 0.1) is 0 Å². The quantitative estimate of drug-likeness (QED) is 0.853. The predicted octanol–water partition coefficient (Wildman–Crippen LogP) is 3.39. The second kappa shape index (κ2) is 7.60. The van der Waals surface area contributed by atoms with Crippen molar-refractivity contribution in [2.45, 2.75) is 26.2 Å². The lowest BCUT2D eigenvalue weighted by atomic mass is 10.0. The van der Waals surface area contributed by atoms with Gasteiger partial charge in [0.1, 0.15) is 0 Å². The number of amides is 1. The van der Waals surface area contributed by atoms with E-state index in [2.05, 4.69) is 24.4 Å². The van der Waals surface area contributed by atoms with E-state index in [1.165, 1.54) is 5.56 Å². The Morgan fingerprint density at radius 2 is 1.76 bits per heavy atom. The molecule has 3 nitrogen and oxygen atoms in total. The fourth-order valence-electron chi connectivity index (χ4n) is 2.36. The van der Waals surface area contributed by atoms with E-state index in [1.54, 1.807) is 0 Å². The van der Waals surface area contributed by atoms with Crippen LogP contribution < -0.4 is 11.1 Å². The predicted molar refractivity (Wildman–Crippen MR) is 87.6 cm³/mol. The topological polar surface area (TPSA) is 55.1 Å². The number of nitrogens with two attached hydrogens (primary N) is 1. The van der Waals surface area contributed by atoms with Gasteiger partial charge in [-0.1, -0.05) is 43.7 Å². The van der Waals surface area contributed by atoms with Crippen molar-refractivity contribution in [3.63, 3.8) is 0 Å². The van der Waals surface area contributed by atoms with E-state index >= 15 is 0 Å². The van der Waals surface area contributed by atoms with E-state index in [9.17, 15) is 4.79 Å². The molecule has 0 spiro atoms. The third kappa shape index (κ3) is 4.17. The molecular formula is C18H22N2O. The molecule has 0 fully saturated rings. The molecule has 0 unspecified atom stereocenters. The van der Waals surface area contributed by atoms with Gasteiger partial charge in [0.2, 0.25) is 0 Å². The molecular weight excluding hydrogens is 260 g/mol. The van der Waals surface area contributed by atoms with Crippen LogP contribution in [0.15, 0.2) is 48.5 Å². The summed E-state index contributed by atoms with van der Waals surface area (Å²) in [4.78, 5) is 12.4. The van der Waals surface area contributed by atoms with Gasteiger partial charge in [-0.25, -0.2) is 0 Å². The van der Waals surface area contributed by atoms with Crippen molar-refractivity contribution < 1.29 is 4.79 Å². The first-order chi connectivity index (χ1) is 10.2. The summed E-state index contributed by atoms with van der Waals surface area (Å²) in [5.74, 6) is -0.0812. The van der Waals surface area contributed by atoms with Crippen molar-refractivity contribution in [3.8, 4) is 0 Å². The fourth-order valence-corrected chi connectivity index (χ4v) is 2.36. The molecule has 0 aliphatic carbocycles. The lowest BCUT2D eigenvalue weighted by molar-refractivity contribution is 0.102. The van der Waals surface area contributed by atoms with Crippen LogP contribution >= 0.6 is 0 Å². The van der Waals surface area contributed by atoms with Gasteiger partial charge in [-0.2, -0.15) is 0 Å². The zero-order chi connectivity index (χ0) is 15.1. The van der Waals surface area contributed by atoms with Crippen molar-refractivity contribution in [2.75, 3.05) is 11.9 Å². The number of aryl methyl sites for hydroxylation is 1. The van der Waals surface area contributed by atoms with Crippen molar-refractivity contribution >= 4 is 11.6 Å². The summed E-state index contributed by atoms with van der Waals surface area (Å²) in [6.45, 7) is 2.69. The van der Waals surface area contributed by atoms with Crippen LogP contribution in [-0.2, 0) is 12.8 Å². The van der Waals surface area contributed by atoms with Gasteiger partial charge in [0.15, 0.2) is 0 Å². The van der Waals surface area contributed by atoms with Crippen LogP contribution in [0.5, 0.6) is 0 Å². The highest BCUT2D eigenvalue weighted by Crippen LogP contribution is 2.15. The molecule has 21 heavy (non-hydrogen) atoms. The van der Waals surface area contributed by atoms with Crippen LogP contribution in [0.1, 0.15) is 34.8 Å².